The van der Waals surface area contributed by atoms with Crippen LogP contribution in [0, 0.1) is 5.92 Å². The van der Waals surface area contributed by atoms with Crippen LogP contribution in [0.25, 0.3) is 0 Å². The molecule has 1 aliphatic carbocycles. The van der Waals surface area contributed by atoms with E-state index in [1.54, 1.807) is 30.0 Å². The number of ketones is 1. The van der Waals surface area contributed by atoms with Crippen LogP contribution in [0.1, 0.15) is 44.6 Å². The largest absolute Gasteiger partial charge is 0.504 e. The third-order valence-electron chi connectivity index (χ3n) is 5.33. The summed E-state index contributed by atoms with van der Waals surface area (Å²) < 4.78 is 10.7. The number of phenolic OH excluding ortho intramolecular Hbond substituents is 1. The van der Waals surface area contributed by atoms with Gasteiger partial charge in [-0.15, -0.1) is 0 Å². The molecule has 1 aromatic carbocycles. The first-order valence-corrected chi connectivity index (χ1v) is 11.1. The maximum atomic E-state index is 13.0. The van der Waals surface area contributed by atoms with Crippen LogP contribution in [-0.4, -0.2) is 47.8 Å². The summed E-state index contributed by atoms with van der Waals surface area (Å²) >= 11 is 1.70. The van der Waals surface area contributed by atoms with Crippen molar-refractivity contribution in [2.24, 2.45) is 10.9 Å². The van der Waals surface area contributed by atoms with Crippen molar-refractivity contribution in [3.05, 3.63) is 35.0 Å². The number of allylic oxidation sites excluding steroid dienone is 2. The zero-order valence-electron chi connectivity index (χ0n) is 17.1. The second-order valence-electron chi connectivity index (χ2n) is 7.14. The molecule has 0 bridgehead atoms. The van der Waals surface area contributed by atoms with E-state index in [4.69, 9.17) is 9.47 Å². The molecule has 6 nitrogen and oxygen atoms in total. The van der Waals surface area contributed by atoms with Crippen LogP contribution in [0.4, 0.5) is 0 Å². The number of methoxy groups -OCH3 is 1. The van der Waals surface area contributed by atoms with Gasteiger partial charge >= 0.3 is 5.97 Å². The summed E-state index contributed by atoms with van der Waals surface area (Å²) in [6.45, 7) is 4.19. The van der Waals surface area contributed by atoms with Crippen LogP contribution in [0.5, 0.6) is 11.5 Å². The molecule has 0 amide bonds. The Morgan fingerprint density at radius 3 is 2.83 bits per heavy atom. The lowest BCUT2D eigenvalue weighted by Crippen LogP contribution is -2.37. The molecule has 0 spiro atoms. The fraction of sp³-hybridized carbons (Fsp3) is 0.500. The van der Waals surface area contributed by atoms with Crippen molar-refractivity contribution in [1.29, 1.82) is 0 Å². The molecule has 156 valence electrons. The number of phenols is 1. The predicted molar refractivity (Wildman–Crippen MR) is 114 cm³/mol. The smallest absolute Gasteiger partial charge is 0.315 e. The number of aromatic hydroxyl groups is 1. The average molecular weight is 418 g/mol. The lowest BCUT2D eigenvalue weighted by atomic mass is 9.71. The molecular formula is C22H27NO5S. The van der Waals surface area contributed by atoms with Crippen LogP contribution < -0.4 is 4.74 Å². The quantitative estimate of drug-likeness (QED) is 0.535. The molecular weight excluding hydrogens is 390 g/mol. The summed E-state index contributed by atoms with van der Waals surface area (Å²) in [5.74, 6) is 0.437. The number of carbonyl (C=O) groups excluding carboxylic acids is 2. The summed E-state index contributed by atoms with van der Waals surface area (Å²) in [6, 6.07) is 5.02. The van der Waals surface area contributed by atoms with Gasteiger partial charge in [-0.2, -0.15) is 11.8 Å². The van der Waals surface area contributed by atoms with E-state index in [9.17, 15) is 14.7 Å². The molecule has 1 N–H and O–H groups in total. The van der Waals surface area contributed by atoms with E-state index in [-0.39, 0.29) is 17.5 Å². The number of Topliss-reactive ketones (excluding diaryl/α,β-unsaturated/α-hetero) is 1. The van der Waals surface area contributed by atoms with Gasteiger partial charge in [0, 0.05) is 35.1 Å². The Morgan fingerprint density at radius 2 is 2.14 bits per heavy atom. The van der Waals surface area contributed by atoms with Crippen molar-refractivity contribution in [1.82, 2.24) is 0 Å². The normalized spacial score (nSPS) is 21.5. The highest BCUT2D eigenvalue weighted by atomic mass is 32.2. The maximum Gasteiger partial charge on any atom is 0.315 e. The van der Waals surface area contributed by atoms with Gasteiger partial charge in [0.25, 0.3) is 0 Å². The van der Waals surface area contributed by atoms with Gasteiger partial charge in [0.05, 0.1) is 7.11 Å². The summed E-state index contributed by atoms with van der Waals surface area (Å²) in [4.78, 5) is 30.5. The molecule has 7 heteroatoms. The molecule has 0 aromatic heterocycles. The zero-order valence-corrected chi connectivity index (χ0v) is 17.9. The molecule has 29 heavy (non-hydrogen) atoms. The number of thioether (sulfide) groups is 1. The maximum absolute atomic E-state index is 13.0. The Kier molecular flexibility index (Phi) is 7.00. The standard InChI is InChI=1S/C22H27NO5S/c1-4-29-11-10-28-22(26)19-13(2)23-15-6-5-7-16(24)21(15)20(19)14-8-9-18(27-3)17(25)12-14/h8-9,12,19-20,25H,4-7,10-11H2,1-3H3. The summed E-state index contributed by atoms with van der Waals surface area (Å²) in [7, 11) is 1.48. The lowest BCUT2D eigenvalue weighted by Gasteiger charge is -2.34. The highest BCUT2D eigenvalue weighted by molar-refractivity contribution is 7.99. The predicted octanol–water partition coefficient (Wildman–Crippen LogP) is 3.88. The average Bonchev–Trinajstić information content (AvgIpc) is 2.70. The zero-order chi connectivity index (χ0) is 21.0. The molecule has 0 fully saturated rings. The number of hydrogen-bond donors (Lipinski definition) is 1. The lowest BCUT2D eigenvalue weighted by molar-refractivity contribution is -0.145. The Labute approximate surface area is 175 Å². The number of hydrogen-bond acceptors (Lipinski definition) is 7. The van der Waals surface area contributed by atoms with Gasteiger partial charge in [-0.25, -0.2) is 0 Å². The minimum Gasteiger partial charge on any atom is -0.504 e. The number of aliphatic imine (C=N–C) groups is 1. The molecule has 1 aliphatic heterocycles. The van der Waals surface area contributed by atoms with Crippen molar-refractivity contribution < 1.29 is 24.2 Å². The number of ether oxygens (including phenoxy) is 2. The Morgan fingerprint density at radius 1 is 1.34 bits per heavy atom. The highest BCUT2D eigenvalue weighted by Crippen LogP contribution is 2.45. The number of esters is 1. The Hall–Kier alpha value is -2.28. The van der Waals surface area contributed by atoms with E-state index in [1.807, 2.05) is 6.92 Å². The van der Waals surface area contributed by atoms with Crippen LogP contribution in [0.15, 0.2) is 34.5 Å². The van der Waals surface area contributed by atoms with E-state index in [2.05, 4.69) is 11.9 Å². The molecule has 0 saturated carbocycles. The van der Waals surface area contributed by atoms with Crippen molar-refractivity contribution in [2.45, 2.75) is 39.0 Å². The number of rotatable bonds is 7. The number of carbonyl (C=O) groups is 2. The van der Waals surface area contributed by atoms with E-state index in [1.165, 1.54) is 7.11 Å². The summed E-state index contributed by atoms with van der Waals surface area (Å²) in [5.41, 5.74) is 2.66. The first-order chi connectivity index (χ1) is 14.0. The summed E-state index contributed by atoms with van der Waals surface area (Å²) in [5, 5.41) is 10.3. The van der Waals surface area contributed by atoms with E-state index < -0.39 is 11.8 Å². The molecule has 0 radical (unpaired) electrons. The van der Waals surface area contributed by atoms with Gasteiger partial charge < -0.3 is 14.6 Å². The minimum atomic E-state index is -0.685. The Bertz CT molecular complexity index is 861. The van der Waals surface area contributed by atoms with Crippen molar-refractivity contribution >= 4 is 29.2 Å². The molecule has 2 aliphatic rings. The first kappa shape index (κ1) is 21.4. The molecule has 0 saturated heterocycles. The topological polar surface area (TPSA) is 85.2 Å². The van der Waals surface area contributed by atoms with Gasteiger partial charge in [0.15, 0.2) is 17.3 Å². The van der Waals surface area contributed by atoms with Crippen LogP contribution >= 0.6 is 11.8 Å². The van der Waals surface area contributed by atoms with Gasteiger partial charge in [-0.05, 0) is 43.2 Å². The second kappa shape index (κ2) is 9.48. The van der Waals surface area contributed by atoms with Crippen molar-refractivity contribution in [3.63, 3.8) is 0 Å². The molecule has 1 heterocycles. The second-order valence-corrected chi connectivity index (χ2v) is 8.54. The molecule has 2 atom stereocenters. The Balaban J connectivity index is 2.00. The van der Waals surface area contributed by atoms with Crippen molar-refractivity contribution in [2.75, 3.05) is 25.2 Å². The molecule has 1 aromatic rings. The minimum absolute atomic E-state index is 0.0159. The van der Waals surface area contributed by atoms with Crippen LogP contribution in [0.3, 0.4) is 0 Å². The third-order valence-corrected chi connectivity index (χ3v) is 6.19. The monoisotopic (exact) mass is 417 g/mol. The number of nitrogens with zero attached hydrogens (tertiary/aromatic N) is 1. The van der Waals surface area contributed by atoms with Gasteiger partial charge in [0.1, 0.15) is 12.5 Å². The van der Waals surface area contributed by atoms with Crippen LogP contribution in [-0.2, 0) is 14.3 Å². The van der Waals surface area contributed by atoms with E-state index >= 15 is 0 Å². The number of benzene rings is 1. The van der Waals surface area contributed by atoms with E-state index in [0.29, 0.717) is 42.0 Å². The first-order valence-electron chi connectivity index (χ1n) is 9.90. The fourth-order valence-corrected chi connectivity index (χ4v) is 4.50. The van der Waals surface area contributed by atoms with Gasteiger partial charge in [-0.3, -0.25) is 14.6 Å². The van der Waals surface area contributed by atoms with Gasteiger partial charge in [-0.1, -0.05) is 13.0 Å². The molecule has 2 unspecified atom stereocenters. The van der Waals surface area contributed by atoms with Crippen molar-refractivity contribution in [3.8, 4) is 11.5 Å². The highest BCUT2D eigenvalue weighted by Gasteiger charge is 2.43. The molecule has 3 rings (SSSR count). The SMILES string of the molecule is CCSCCOC(=O)C1C(C)=NC2=C(C(=O)CCC2)C1c1ccc(OC)c(O)c1. The van der Waals surface area contributed by atoms with E-state index in [0.717, 1.165) is 23.6 Å². The summed E-state index contributed by atoms with van der Waals surface area (Å²) in [6.07, 6.45) is 1.92. The third kappa shape index (κ3) is 4.50. The van der Waals surface area contributed by atoms with Gasteiger partial charge in [0.2, 0.25) is 0 Å². The fourth-order valence-electron chi connectivity index (χ4n) is 4.01. The van der Waals surface area contributed by atoms with Crippen LogP contribution in [0.2, 0.25) is 0 Å².